The van der Waals surface area contributed by atoms with E-state index >= 15 is 0 Å². The van der Waals surface area contributed by atoms with Crippen LogP contribution in [0, 0.1) is 18.8 Å². The summed E-state index contributed by atoms with van der Waals surface area (Å²) in [5, 5.41) is 0. The number of aryl methyl sites for hydroxylation is 1. The monoisotopic (exact) mass is 430 g/mol. The van der Waals surface area contributed by atoms with E-state index in [2.05, 4.69) is 11.8 Å². The summed E-state index contributed by atoms with van der Waals surface area (Å²) in [7, 11) is 0. The van der Waals surface area contributed by atoms with E-state index < -0.39 is 5.60 Å². The highest BCUT2D eigenvalue weighted by Gasteiger charge is 2.23. The number of benzene rings is 4. The van der Waals surface area contributed by atoms with Crippen molar-refractivity contribution < 1.29 is 9.53 Å². The molecule has 0 amide bonds. The first-order valence-electron chi connectivity index (χ1n) is 11.0. The number of ketones is 1. The topological polar surface area (TPSA) is 26.3 Å². The lowest BCUT2D eigenvalue weighted by Gasteiger charge is -2.27. The lowest BCUT2D eigenvalue weighted by molar-refractivity contribution is 0.103. The van der Waals surface area contributed by atoms with Gasteiger partial charge in [-0.3, -0.25) is 4.79 Å². The number of hydrogen-bond acceptors (Lipinski definition) is 2. The van der Waals surface area contributed by atoms with Gasteiger partial charge >= 0.3 is 0 Å². The fourth-order valence-electron chi connectivity index (χ4n) is 3.59. The van der Waals surface area contributed by atoms with E-state index in [4.69, 9.17) is 4.74 Å². The Morgan fingerprint density at radius 2 is 1.27 bits per heavy atom. The first-order valence-corrected chi connectivity index (χ1v) is 11.0. The summed E-state index contributed by atoms with van der Waals surface area (Å²) < 4.78 is 6.22. The minimum atomic E-state index is -0.519. The Hall–Kier alpha value is -4.09. The molecule has 2 heteroatoms. The lowest BCUT2D eigenvalue weighted by Crippen LogP contribution is -2.25. The summed E-state index contributed by atoms with van der Waals surface area (Å²) in [5.41, 5.74) is 4.77. The molecule has 0 spiro atoms. The summed E-state index contributed by atoms with van der Waals surface area (Å²) in [6.45, 7) is 6.10. The second kappa shape index (κ2) is 9.59. The normalized spacial score (nSPS) is 10.8. The van der Waals surface area contributed by atoms with Gasteiger partial charge in [-0.1, -0.05) is 66.4 Å². The maximum atomic E-state index is 13.0. The smallest absolute Gasteiger partial charge is 0.193 e. The average Bonchev–Trinajstić information content (AvgIpc) is 2.83. The molecule has 0 saturated carbocycles. The Bertz CT molecular complexity index is 1300. The highest BCUT2D eigenvalue weighted by molar-refractivity contribution is 6.09. The van der Waals surface area contributed by atoms with Crippen molar-refractivity contribution in [3.05, 3.63) is 137 Å². The standard InChI is InChI=1S/C31H26O2/c1-23-8-7-11-29(22-23)33-31(2,3)28-20-18-27(19-21-28)30(32)26-16-14-25(15-17-26)13-12-24-9-5-4-6-10-24/h4-11,14-22H,1-3H3. The molecule has 0 aliphatic carbocycles. The van der Waals surface area contributed by atoms with Gasteiger partial charge in [-0.05, 0) is 80.4 Å². The van der Waals surface area contributed by atoms with Crippen molar-refractivity contribution in [3.8, 4) is 17.6 Å². The van der Waals surface area contributed by atoms with Crippen LogP contribution in [0.5, 0.6) is 5.75 Å². The zero-order chi connectivity index (χ0) is 23.3. The van der Waals surface area contributed by atoms with Crippen molar-refractivity contribution >= 4 is 5.78 Å². The van der Waals surface area contributed by atoms with E-state index in [1.807, 2.05) is 124 Å². The highest BCUT2D eigenvalue weighted by Crippen LogP contribution is 2.28. The summed E-state index contributed by atoms with van der Waals surface area (Å²) in [5.74, 6) is 7.09. The molecular formula is C31H26O2. The highest BCUT2D eigenvalue weighted by atomic mass is 16.5. The number of carbonyl (C=O) groups excluding carboxylic acids is 1. The molecule has 0 N–H and O–H groups in total. The molecule has 4 rings (SSSR count). The Balaban J connectivity index is 1.46. The van der Waals surface area contributed by atoms with Crippen LogP contribution in [0.15, 0.2) is 103 Å². The molecule has 4 aromatic carbocycles. The van der Waals surface area contributed by atoms with Gasteiger partial charge in [0.2, 0.25) is 0 Å². The van der Waals surface area contributed by atoms with Crippen LogP contribution in [-0.2, 0) is 5.60 Å². The molecule has 0 aromatic heterocycles. The average molecular weight is 431 g/mol. The third-order valence-electron chi connectivity index (χ3n) is 5.48. The third kappa shape index (κ3) is 5.59. The molecule has 4 aromatic rings. The minimum Gasteiger partial charge on any atom is -0.483 e. The van der Waals surface area contributed by atoms with Gasteiger partial charge in [0, 0.05) is 22.3 Å². The lowest BCUT2D eigenvalue weighted by atomic mass is 9.94. The van der Waals surface area contributed by atoms with Crippen LogP contribution in [0.2, 0.25) is 0 Å². The van der Waals surface area contributed by atoms with Crippen LogP contribution in [0.3, 0.4) is 0 Å². The van der Waals surface area contributed by atoms with E-state index in [1.165, 1.54) is 0 Å². The molecule has 0 bridgehead atoms. The van der Waals surface area contributed by atoms with Crippen molar-refractivity contribution in [1.29, 1.82) is 0 Å². The van der Waals surface area contributed by atoms with E-state index in [0.29, 0.717) is 11.1 Å². The second-order valence-corrected chi connectivity index (χ2v) is 8.53. The molecule has 33 heavy (non-hydrogen) atoms. The van der Waals surface area contributed by atoms with Crippen LogP contribution in [0.25, 0.3) is 0 Å². The number of ether oxygens (including phenoxy) is 1. The van der Waals surface area contributed by atoms with Crippen LogP contribution in [-0.4, -0.2) is 5.78 Å². The summed E-state index contributed by atoms with van der Waals surface area (Å²) in [6, 6.07) is 32.9. The molecule has 0 unspecified atom stereocenters. The van der Waals surface area contributed by atoms with Crippen molar-refractivity contribution in [2.75, 3.05) is 0 Å². The van der Waals surface area contributed by atoms with Gasteiger partial charge in [-0.2, -0.15) is 0 Å². The fraction of sp³-hybridized carbons (Fsp3) is 0.129. The molecule has 0 aliphatic rings. The molecule has 2 nitrogen and oxygen atoms in total. The van der Waals surface area contributed by atoms with Gasteiger partial charge in [0.05, 0.1) is 0 Å². The van der Waals surface area contributed by atoms with Crippen LogP contribution >= 0.6 is 0 Å². The Labute approximate surface area is 195 Å². The van der Waals surface area contributed by atoms with E-state index in [1.54, 1.807) is 0 Å². The van der Waals surface area contributed by atoms with Crippen molar-refractivity contribution in [2.45, 2.75) is 26.4 Å². The van der Waals surface area contributed by atoms with Gasteiger partial charge in [0.1, 0.15) is 11.4 Å². The van der Waals surface area contributed by atoms with Crippen LogP contribution in [0.1, 0.15) is 52.0 Å². The summed E-state index contributed by atoms with van der Waals surface area (Å²) in [4.78, 5) is 13.0. The predicted octanol–water partition coefficient (Wildman–Crippen LogP) is 6.94. The largest absolute Gasteiger partial charge is 0.483 e. The van der Waals surface area contributed by atoms with Crippen molar-refractivity contribution in [3.63, 3.8) is 0 Å². The van der Waals surface area contributed by atoms with E-state index in [0.717, 1.165) is 28.0 Å². The van der Waals surface area contributed by atoms with Gasteiger partial charge in [-0.25, -0.2) is 0 Å². The molecule has 0 fully saturated rings. The zero-order valence-corrected chi connectivity index (χ0v) is 19.1. The quantitative estimate of drug-likeness (QED) is 0.253. The minimum absolute atomic E-state index is 0.0125. The number of carbonyl (C=O) groups is 1. The van der Waals surface area contributed by atoms with E-state index in [-0.39, 0.29) is 5.78 Å². The summed E-state index contributed by atoms with van der Waals surface area (Å²) in [6.07, 6.45) is 0. The van der Waals surface area contributed by atoms with Crippen LogP contribution in [0.4, 0.5) is 0 Å². The zero-order valence-electron chi connectivity index (χ0n) is 19.1. The Morgan fingerprint density at radius 3 is 1.88 bits per heavy atom. The number of rotatable bonds is 5. The van der Waals surface area contributed by atoms with Crippen LogP contribution < -0.4 is 4.74 Å². The third-order valence-corrected chi connectivity index (χ3v) is 5.48. The molecule has 0 aliphatic heterocycles. The maximum absolute atomic E-state index is 13.0. The summed E-state index contributed by atoms with van der Waals surface area (Å²) >= 11 is 0. The molecule has 0 saturated heterocycles. The maximum Gasteiger partial charge on any atom is 0.193 e. The van der Waals surface area contributed by atoms with Gasteiger partial charge in [-0.15, -0.1) is 0 Å². The Morgan fingerprint density at radius 1 is 0.697 bits per heavy atom. The van der Waals surface area contributed by atoms with Gasteiger partial charge in [0.15, 0.2) is 5.78 Å². The molecule has 0 radical (unpaired) electrons. The van der Waals surface area contributed by atoms with Crippen molar-refractivity contribution in [1.82, 2.24) is 0 Å². The predicted molar refractivity (Wildman–Crippen MR) is 134 cm³/mol. The second-order valence-electron chi connectivity index (χ2n) is 8.53. The SMILES string of the molecule is Cc1cccc(OC(C)(C)c2ccc(C(=O)c3ccc(C#Cc4ccccc4)cc3)cc2)c1. The fourth-order valence-corrected chi connectivity index (χ4v) is 3.59. The molecule has 0 atom stereocenters. The van der Waals surface area contributed by atoms with E-state index in [9.17, 15) is 4.79 Å². The molecular weight excluding hydrogens is 404 g/mol. The van der Waals surface area contributed by atoms with Crippen molar-refractivity contribution in [2.24, 2.45) is 0 Å². The number of hydrogen-bond donors (Lipinski definition) is 0. The Kier molecular flexibility index (Phi) is 6.43. The molecule has 162 valence electrons. The first kappa shape index (κ1) is 22.1. The van der Waals surface area contributed by atoms with Gasteiger partial charge in [0.25, 0.3) is 0 Å². The molecule has 0 heterocycles. The van der Waals surface area contributed by atoms with Gasteiger partial charge < -0.3 is 4.74 Å². The first-order chi connectivity index (χ1) is 15.9.